The Bertz CT molecular complexity index is 892. The predicted molar refractivity (Wildman–Crippen MR) is 103 cm³/mol. The number of nitrogens with zero attached hydrogens (tertiary/aromatic N) is 2. The van der Waals surface area contributed by atoms with Crippen LogP contribution in [0.25, 0.3) is 0 Å². The average Bonchev–Trinajstić information content (AvgIpc) is 2.73. The first kappa shape index (κ1) is 17.8. The molecule has 6 nitrogen and oxygen atoms in total. The Morgan fingerprint density at radius 3 is 2.81 bits per heavy atom. The molecule has 6 heteroatoms. The molecule has 3 heterocycles. The normalized spacial score (nSPS) is 20.2. The van der Waals surface area contributed by atoms with E-state index in [1.807, 2.05) is 4.90 Å². The summed E-state index contributed by atoms with van der Waals surface area (Å²) in [6.45, 7) is 3.41. The molecule has 1 amide bonds. The molecule has 1 N–H and O–H groups in total. The first-order valence-corrected chi connectivity index (χ1v) is 9.52. The zero-order valence-corrected chi connectivity index (χ0v) is 15.6. The molecule has 2 aliphatic heterocycles. The van der Waals surface area contributed by atoms with Crippen molar-refractivity contribution in [3.8, 4) is 5.75 Å². The van der Waals surface area contributed by atoms with Crippen molar-refractivity contribution in [2.75, 3.05) is 26.7 Å². The fourth-order valence-corrected chi connectivity index (χ4v) is 4.18. The van der Waals surface area contributed by atoms with Crippen molar-refractivity contribution in [2.45, 2.75) is 31.8 Å². The summed E-state index contributed by atoms with van der Waals surface area (Å²) in [6.07, 6.45) is 4.60. The minimum Gasteiger partial charge on any atom is -0.491 e. The number of carbonyl (C=O) groups excluding carboxylic acids is 1. The van der Waals surface area contributed by atoms with E-state index < -0.39 is 0 Å². The lowest BCUT2D eigenvalue weighted by Gasteiger charge is -2.41. The third-order valence-corrected chi connectivity index (χ3v) is 5.69. The topological polar surface area (TPSA) is 65.6 Å². The first-order valence-electron chi connectivity index (χ1n) is 9.52. The van der Waals surface area contributed by atoms with Crippen LogP contribution < -0.4 is 10.2 Å². The number of piperidine rings is 1. The van der Waals surface area contributed by atoms with Crippen LogP contribution in [0.4, 0.5) is 0 Å². The Hall–Kier alpha value is -2.60. The highest BCUT2D eigenvalue weighted by atomic mass is 16.5. The molecular formula is C21H25N3O3. The molecule has 0 radical (unpaired) electrons. The fourth-order valence-electron chi connectivity index (χ4n) is 4.18. The molecule has 0 unspecified atom stereocenters. The number of ether oxygens (including phenoxy) is 1. The molecule has 1 saturated heterocycles. The summed E-state index contributed by atoms with van der Waals surface area (Å²) in [7, 11) is 1.44. The van der Waals surface area contributed by atoms with Crippen molar-refractivity contribution in [3.05, 3.63) is 63.6 Å². The van der Waals surface area contributed by atoms with Crippen molar-refractivity contribution in [1.29, 1.82) is 0 Å². The molecule has 142 valence electrons. The number of aromatic nitrogens is 1. The van der Waals surface area contributed by atoms with E-state index in [9.17, 15) is 9.59 Å². The second kappa shape index (κ2) is 7.56. The lowest BCUT2D eigenvalue weighted by Crippen LogP contribution is -2.51. The lowest BCUT2D eigenvalue weighted by atomic mass is 9.96. The van der Waals surface area contributed by atoms with E-state index in [-0.39, 0.29) is 17.1 Å². The Labute approximate surface area is 158 Å². The van der Waals surface area contributed by atoms with Gasteiger partial charge >= 0.3 is 0 Å². The van der Waals surface area contributed by atoms with Gasteiger partial charge in [0.15, 0.2) is 5.75 Å². The van der Waals surface area contributed by atoms with Gasteiger partial charge in [-0.15, -0.1) is 0 Å². The van der Waals surface area contributed by atoms with Gasteiger partial charge in [-0.05, 0) is 30.4 Å². The number of nitrogens with one attached hydrogen (secondary N) is 1. The first-order chi connectivity index (χ1) is 13.2. The van der Waals surface area contributed by atoms with Gasteiger partial charge in [0, 0.05) is 44.5 Å². The van der Waals surface area contributed by atoms with Gasteiger partial charge in [0.05, 0.1) is 7.11 Å². The number of amides is 1. The molecule has 2 aromatic rings. The van der Waals surface area contributed by atoms with Crippen LogP contribution in [0.5, 0.6) is 5.75 Å². The number of likely N-dealkylation sites (tertiary alicyclic amines) is 1. The van der Waals surface area contributed by atoms with Crippen LogP contribution in [-0.2, 0) is 13.0 Å². The SMILES string of the molecule is COc1c[nH]c(C(=O)N2CCC[C@H](N3CCc4ccccc4C3)C2)cc1=O. The number of hydrogen-bond acceptors (Lipinski definition) is 4. The summed E-state index contributed by atoms with van der Waals surface area (Å²) in [5.74, 6) is 0.104. The molecule has 0 saturated carbocycles. The molecule has 2 aliphatic rings. The summed E-state index contributed by atoms with van der Waals surface area (Å²) in [4.78, 5) is 32.1. The van der Waals surface area contributed by atoms with Crippen LogP contribution >= 0.6 is 0 Å². The van der Waals surface area contributed by atoms with Gasteiger partial charge in [0.2, 0.25) is 5.43 Å². The summed E-state index contributed by atoms with van der Waals surface area (Å²) in [5, 5.41) is 0. The second-order valence-electron chi connectivity index (χ2n) is 7.32. The van der Waals surface area contributed by atoms with Gasteiger partial charge in [0.25, 0.3) is 5.91 Å². The molecule has 0 bridgehead atoms. The largest absolute Gasteiger partial charge is 0.491 e. The number of fused-ring (bicyclic) bond motifs is 1. The van der Waals surface area contributed by atoms with Crippen molar-refractivity contribution in [1.82, 2.24) is 14.8 Å². The van der Waals surface area contributed by atoms with E-state index in [2.05, 4.69) is 34.1 Å². The minimum absolute atomic E-state index is 0.114. The van der Waals surface area contributed by atoms with Crippen LogP contribution in [0.1, 0.15) is 34.5 Å². The zero-order valence-electron chi connectivity index (χ0n) is 15.6. The number of rotatable bonds is 3. The van der Waals surface area contributed by atoms with Gasteiger partial charge < -0.3 is 14.6 Å². The summed E-state index contributed by atoms with van der Waals surface area (Å²) < 4.78 is 4.97. The maximum Gasteiger partial charge on any atom is 0.270 e. The zero-order chi connectivity index (χ0) is 18.8. The Morgan fingerprint density at radius 2 is 2.04 bits per heavy atom. The summed E-state index contributed by atoms with van der Waals surface area (Å²) in [5.41, 5.74) is 2.88. The highest BCUT2D eigenvalue weighted by Crippen LogP contribution is 2.25. The standard InChI is InChI=1S/C21H25N3O3/c1-27-20-12-22-18(11-19(20)25)21(26)24-9-4-7-17(14-24)23-10-8-15-5-2-3-6-16(15)13-23/h2-3,5-6,11-12,17H,4,7-10,13-14H2,1H3,(H,22,25)/t17-/m0/s1. The quantitative estimate of drug-likeness (QED) is 0.902. The van der Waals surface area contributed by atoms with Gasteiger partial charge in [-0.25, -0.2) is 0 Å². The molecule has 1 atom stereocenters. The average molecular weight is 367 g/mol. The van der Waals surface area contributed by atoms with Crippen molar-refractivity contribution in [3.63, 3.8) is 0 Å². The predicted octanol–water partition coefficient (Wildman–Crippen LogP) is 2.05. The third-order valence-electron chi connectivity index (χ3n) is 5.69. The van der Waals surface area contributed by atoms with Gasteiger partial charge in [0.1, 0.15) is 5.69 Å². The molecule has 1 aromatic carbocycles. The van der Waals surface area contributed by atoms with Crippen molar-refractivity contribution in [2.24, 2.45) is 0 Å². The van der Waals surface area contributed by atoms with E-state index in [1.165, 1.54) is 30.5 Å². The molecule has 27 heavy (non-hydrogen) atoms. The fraction of sp³-hybridized carbons (Fsp3) is 0.429. The number of carbonyl (C=O) groups is 1. The van der Waals surface area contributed by atoms with E-state index in [4.69, 9.17) is 4.74 Å². The highest BCUT2D eigenvalue weighted by Gasteiger charge is 2.30. The van der Waals surface area contributed by atoms with Crippen LogP contribution in [0.3, 0.4) is 0 Å². The highest BCUT2D eigenvalue weighted by molar-refractivity contribution is 5.92. The molecule has 1 fully saturated rings. The van der Waals surface area contributed by atoms with Gasteiger partial charge in [-0.3, -0.25) is 14.5 Å². The van der Waals surface area contributed by atoms with E-state index in [0.717, 1.165) is 38.9 Å². The summed E-state index contributed by atoms with van der Waals surface area (Å²) in [6, 6.07) is 10.3. The van der Waals surface area contributed by atoms with E-state index in [1.54, 1.807) is 0 Å². The monoisotopic (exact) mass is 367 g/mol. The van der Waals surface area contributed by atoms with E-state index >= 15 is 0 Å². The minimum atomic E-state index is -0.277. The van der Waals surface area contributed by atoms with Gasteiger partial charge in [-0.1, -0.05) is 24.3 Å². The van der Waals surface area contributed by atoms with Gasteiger partial charge in [-0.2, -0.15) is 0 Å². The second-order valence-corrected chi connectivity index (χ2v) is 7.32. The molecular weight excluding hydrogens is 342 g/mol. The molecule has 0 spiro atoms. The number of pyridine rings is 1. The third kappa shape index (κ3) is 3.62. The van der Waals surface area contributed by atoms with Crippen LogP contribution in [0, 0.1) is 0 Å². The molecule has 4 rings (SSSR count). The van der Waals surface area contributed by atoms with Crippen LogP contribution in [-0.4, -0.2) is 53.5 Å². The Morgan fingerprint density at radius 1 is 1.22 bits per heavy atom. The Balaban J connectivity index is 1.46. The van der Waals surface area contributed by atoms with E-state index in [0.29, 0.717) is 18.3 Å². The molecule has 0 aliphatic carbocycles. The number of H-pyrrole nitrogens is 1. The summed E-state index contributed by atoms with van der Waals surface area (Å²) >= 11 is 0. The number of benzene rings is 1. The molecule has 1 aromatic heterocycles. The number of aromatic amines is 1. The maximum absolute atomic E-state index is 12.9. The number of methoxy groups -OCH3 is 1. The maximum atomic E-state index is 12.9. The van der Waals surface area contributed by atoms with Crippen LogP contribution in [0.2, 0.25) is 0 Å². The lowest BCUT2D eigenvalue weighted by molar-refractivity contribution is 0.0543. The van der Waals surface area contributed by atoms with Crippen LogP contribution in [0.15, 0.2) is 41.3 Å². The number of hydrogen-bond donors (Lipinski definition) is 1. The smallest absolute Gasteiger partial charge is 0.270 e. The van der Waals surface area contributed by atoms with Crippen molar-refractivity contribution < 1.29 is 9.53 Å². The van der Waals surface area contributed by atoms with Crippen molar-refractivity contribution >= 4 is 5.91 Å². The Kier molecular flexibility index (Phi) is 4.99.